The summed E-state index contributed by atoms with van der Waals surface area (Å²) in [5.41, 5.74) is 7.35. The highest BCUT2D eigenvalue weighted by atomic mass is 19.4. The number of fused-ring (bicyclic) bond motifs is 6. The average molecular weight is 784 g/mol. The van der Waals surface area contributed by atoms with Crippen LogP contribution >= 0.6 is 0 Å². The van der Waals surface area contributed by atoms with Crippen LogP contribution in [0.3, 0.4) is 0 Å². The molecule has 8 heteroatoms. The number of halogens is 3. The van der Waals surface area contributed by atoms with E-state index in [0.29, 0.717) is 28.5 Å². The van der Waals surface area contributed by atoms with Crippen molar-refractivity contribution >= 4 is 43.6 Å². The number of para-hydroxylation sites is 3. The zero-order valence-corrected chi connectivity index (χ0v) is 31.8. The van der Waals surface area contributed by atoms with Crippen molar-refractivity contribution in [2.45, 2.75) is 6.18 Å². The molecule has 3 heterocycles. The lowest BCUT2D eigenvalue weighted by atomic mass is 9.94. The third-order valence-corrected chi connectivity index (χ3v) is 11.2. The topological polar surface area (TPSA) is 48.5 Å². The fourth-order valence-electron chi connectivity index (χ4n) is 8.56. The molecule has 286 valence electrons. The molecule has 0 radical (unpaired) electrons. The van der Waals surface area contributed by atoms with Crippen molar-refractivity contribution in [3.05, 3.63) is 200 Å². The second kappa shape index (κ2) is 13.9. The lowest BCUT2D eigenvalue weighted by Crippen LogP contribution is -2.08. The molecular formula is C52H32F3N5. The first-order valence-corrected chi connectivity index (χ1v) is 19.6. The summed E-state index contributed by atoms with van der Waals surface area (Å²) in [7, 11) is 0. The number of rotatable bonds is 6. The van der Waals surface area contributed by atoms with Crippen LogP contribution in [0.15, 0.2) is 194 Å². The summed E-state index contributed by atoms with van der Waals surface area (Å²) in [4.78, 5) is 14.7. The molecule has 0 saturated heterocycles. The molecule has 0 aliphatic heterocycles. The number of benzene rings is 8. The summed E-state index contributed by atoms with van der Waals surface area (Å²) < 4.78 is 49.2. The van der Waals surface area contributed by atoms with Crippen molar-refractivity contribution in [2.24, 2.45) is 0 Å². The van der Waals surface area contributed by atoms with Crippen LogP contribution in [0.2, 0.25) is 0 Å². The smallest absolute Gasteiger partial charge is 0.309 e. The first-order chi connectivity index (χ1) is 29.4. The second-order valence-electron chi connectivity index (χ2n) is 14.7. The Morgan fingerprint density at radius 3 is 1.33 bits per heavy atom. The molecule has 0 bridgehead atoms. The monoisotopic (exact) mass is 783 g/mol. The number of alkyl halides is 3. The summed E-state index contributed by atoms with van der Waals surface area (Å²) in [6.45, 7) is 0. The van der Waals surface area contributed by atoms with E-state index in [0.717, 1.165) is 55.7 Å². The zero-order chi connectivity index (χ0) is 40.4. The van der Waals surface area contributed by atoms with E-state index in [4.69, 9.17) is 15.0 Å². The predicted molar refractivity (Wildman–Crippen MR) is 235 cm³/mol. The van der Waals surface area contributed by atoms with Gasteiger partial charge < -0.3 is 9.13 Å². The lowest BCUT2D eigenvalue weighted by molar-refractivity contribution is -0.137. The molecule has 11 rings (SSSR count). The van der Waals surface area contributed by atoms with Crippen LogP contribution in [0.5, 0.6) is 0 Å². The number of hydrogen-bond acceptors (Lipinski definition) is 3. The maximum atomic E-state index is 14.9. The van der Waals surface area contributed by atoms with Crippen molar-refractivity contribution in [1.29, 1.82) is 0 Å². The van der Waals surface area contributed by atoms with E-state index in [1.54, 1.807) is 6.07 Å². The molecule has 5 nitrogen and oxygen atoms in total. The zero-order valence-electron chi connectivity index (χ0n) is 31.8. The Bertz CT molecular complexity index is 3310. The Morgan fingerprint density at radius 1 is 0.333 bits per heavy atom. The Kier molecular flexibility index (Phi) is 8.20. The molecule has 8 aromatic carbocycles. The molecule has 0 aliphatic rings. The highest BCUT2D eigenvalue weighted by Crippen LogP contribution is 2.43. The third kappa shape index (κ3) is 5.83. The van der Waals surface area contributed by atoms with Gasteiger partial charge in [0.25, 0.3) is 0 Å². The molecule has 0 fully saturated rings. The Hall–Kier alpha value is -7.84. The molecule has 0 amide bonds. The van der Waals surface area contributed by atoms with Crippen LogP contribution in [0.1, 0.15) is 5.56 Å². The van der Waals surface area contributed by atoms with Gasteiger partial charge in [-0.15, -0.1) is 0 Å². The minimum absolute atomic E-state index is 0.0270. The van der Waals surface area contributed by atoms with E-state index in [1.807, 2.05) is 91.0 Å². The maximum absolute atomic E-state index is 14.9. The minimum atomic E-state index is -4.62. The van der Waals surface area contributed by atoms with Crippen LogP contribution in [0.25, 0.3) is 100 Å². The summed E-state index contributed by atoms with van der Waals surface area (Å²) in [6.07, 6.45) is -4.62. The molecule has 0 atom stereocenters. The van der Waals surface area contributed by atoms with E-state index in [1.165, 1.54) is 22.9 Å². The Morgan fingerprint density at radius 2 is 0.767 bits per heavy atom. The van der Waals surface area contributed by atoms with E-state index >= 15 is 0 Å². The number of hydrogen-bond donors (Lipinski definition) is 0. The van der Waals surface area contributed by atoms with Crippen LogP contribution < -0.4 is 0 Å². The standard InChI is InChI=1S/C52H32F3N5/c53-52(54,55)44-23-11-7-19-37(44)42-31-35(27-29-41(42)51-57-49(33-15-3-1-4-16-33)56-50(58-51)34-17-5-2-6-18-34)60-47-26-14-10-22-40(47)43-32-36(28-30-48(43)60)59-45-24-12-8-20-38(45)39-21-9-13-25-46(39)59/h1-32H. The van der Waals surface area contributed by atoms with E-state index in [9.17, 15) is 13.2 Å². The average Bonchev–Trinajstić information content (AvgIpc) is 3.81. The summed E-state index contributed by atoms with van der Waals surface area (Å²) in [5.74, 6) is 1.10. The van der Waals surface area contributed by atoms with Gasteiger partial charge in [0.1, 0.15) is 0 Å². The van der Waals surface area contributed by atoms with Gasteiger partial charge in [0.15, 0.2) is 17.5 Å². The lowest BCUT2D eigenvalue weighted by Gasteiger charge is -2.18. The molecule has 3 aromatic heterocycles. The molecule has 60 heavy (non-hydrogen) atoms. The van der Waals surface area contributed by atoms with Crippen LogP contribution in [0, 0.1) is 0 Å². The van der Waals surface area contributed by atoms with Gasteiger partial charge in [0.05, 0.1) is 27.6 Å². The fourth-order valence-corrected chi connectivity index (χ4v) is 8.56. The van der Waals surface area contributed by atoms with Gasteiger partial charge in [-0.1, -0.05) is 133 Å². The second-order valence-corrected chi connectivity index (χ2v) is 14.7. The maximum Gasteiger partial charge on any atom is 0.417 e. The van der Waals surface area contributed by atoms with Gasteiger partial charge in [-0.05, 0) is 71.8 Å². The molecule has 0 spiro atoms. The van der Waals surface area contributed by atoms with Gasteiger partial charge in [0, 0.05) is 49.6 Å². The summed E-state index contributed by atoms with van der Waals surface area (Å²) in [6, 6.07) is 61.8. The van der Waals surface area contributed by atoms with Crippen LogP contribution in [-0.2, 0) is 6.18 Å². The van der Waals surface area contributed by atoms with Crippen molar-refractivity contribution in [2.75, 3.05) is 0 Å². The van der Waals surface area contributed by atoms with Gasteiger partial charge in [-0.3, -0.25) is 0 Å². The largest absolute Gasteiger partial charge is 0.417 e. The van der Waals surface area contributed by atoms with Crippen molar-refractivity contribution in [3.8, 4) is 56.7 Å². The van der Waals surface area contributed by atoms with Crippen LogP contribution in [0.4, 0.5) is 13.2 Å². The minimum Gasteiger partial charge on any atom is -0.309 e. The van der Waals surface area contributed by atoms with Crippen LogP contribution in [-0.4, -0.2) is 24.1 Å². The van der Waals surface area contributed by atoms with E-state index < -0.39 is 11.7 Å². The van der Waals surface area contributed by atoms with Gasteiger partial charge in [-0.2, -0.15) is 13.2 Å². The van der Waals surface area contributed by atoms with Crippen molar-refractivity contribution in [1.82, 2.24) is 24.1 Å². The quantitative estimate of drug-likeness (QED) is 0.169. The normalized spacial score (nSPS) is 11.9. The van der Waals surface area contributed by atoms with Gasteiger partial charge in [-0.25, -0.2) is 15.0 Å². The summed E-state index contributed by atoms with van der Waals surface area (Å²) >= 11 is 0. The number of aromatic nitrogens is 5. The summed E-state index contributed by atoms with van der Waals surface area (Å²) in [5, 5.41) is 4.39. The first-order valence-electron chi connectivity index (χ1n) is 19.6. The van der Waals surface area contributed by atoms with Crippen molar-refractivity contribution < 1.29 is 13.2 Å². The highest BCUT2D eigenvalue weighted by molar-refractivity contribution is 6.12. The Balaban J connectivity index is 1.16. The van der Waals surface area contributed by atoms with E-state index in [2.05, 4.69) is 88.0 Å². The van der Waals surface area contributed by atoms with Crippen molar-refractivity contribution in [3.63, 3.8) is 0 Å². The third-order valence-electron chi connectivity index (χ3n) is 11.2. The van der Waals surface area contributed by atoms with Gasteiger partial charge in [0.2, 0.25) is 0 Å². The first kappa shape index (κ1) is 35.3. The highest BCUT2D eigenvalue weighted by Gasteiger charge is 2.34. The number of nitrogens with zero attached hydrogens (tertiary/aromatic N) is 5. The van der Waals surface area contributed by atoms with Gasteiger partial charge >= 0.3 is 6.18 Å². The SMILES string of the molecule is FC(F)(F)c1ccccc1-c1cc(-n2c3ccccc3c3cc(-n4c5ccccc5c5ccccc54)ccc32)ccc1-c1nc(-c2ccccc2)nc(-c2ccccc2)n1. The predicted octanol–water partition coefficient (Wildman–Crippen LogP) is 13.8. The Labute approximate surface area is 342 Å². The molecule has 11 aromatic rings. The molecule has 0 N–H and O–H groups in total. The molecule has 0 unspecified atom stereocenters. The molecule has 0 saturated carbocycles. The fraction of sp³-hybridized carbons (Fsp3) is 0.0192. The van der Waals surface area contributed by atoms with E-state index in [-0.39, 0.29) is 11.4 Å². The molecular weight excluding hydrogens is 752 g/mol. The molecule has 0 aliphatic carbocycles.